The van der Waals surface area contributed by atoms with Crippen LogP contribution in [-0.4, -0.2) is 36.4 Å². The van der Waals surface area contributed by atoms with Crippen LogP contribution in [0.25, 0.3) is 0 Å². The second-order valence-electron chi connectivity index (χ2n) is 9.49. The SMILES string of the molecule is CC1CN(c2nccc(S(=O)(=O)c3cccc(OCc4cc(F)cc(F)c4)n3)c2C(N)=O)C(C)(C)C1. The summed E-state index contributed by atoms with van der Waals surface area (Å²) in [4.78, 5) is 22.5. The number of carbonyl (C=O) groups excluding carboxylic acids is 1. The Labute approximate surface area is 208 Å². The molecule has 2 aromatic heterocycles. The van der Waals surface area contributed by atoms with Crippen molar-refractivity contribution < 1.29 is 26.7 Å². The van der Waals surface area contributed by atoms with Gasteiger partial charge in [0.05, 0.1) is 4.90 Å². The summed E-state index contributed by atoms with van der Waals surface area (Å²) >= 11 is 0. The molecule has 11 heteroatoms. The molecule has 1 aliphatic rings. The second-order valence-corrected chi connectivity index (χ2v) is 11.4. The van der Waals surface area contributed by atoms with E-state index in [4.69, 9.17) is 10.5 Å². The van der Waals surface area contributed by atoms with Gasteiger partial charge >= 0.3 is 0 Å². The molecule has 8 nitrogen and oxygen atoms in total. The predicted molar refractivity (Wildman–Crippen MR) is 128 cm³/mol. The molecule has 0 aliphatic carbocycles. The number of primary amides is 1. The highest BCUT2D eigenvalue weighted by Crippen LogP contribution is 2.39. The lowest BCUT2D eigenvalue weighted by Gasteiger charge is -2.33. The van der Waals surface area contributed by atoms with Gasteiger partial charge in [0.25, 0.3) is 5.91 Å². The van der Waals surface area contributed by atoms with Crippen LogP contribution >= 0.6 is 0 Å². The van der Waals surface area contributed by atoms with Crippen LogP contribution in [0, 0.1) is 17.6 Å². The van der Waals surface area contributed by atoms with Crippen LogP contribution in [0.1, 0.15) is 43.1 Å². The number of benzene rings is 1. The number of hydrogen-bond acceptors (Lipinski definition) is 7. The standard InChI is InChI=1S/C25H26F2N4O4S/c1-15-12-25(2,3)31(13-15)24-22(23(28)32)19(7-8-29-24)36(33,34)21-6-4-5-20(30-21)35-14-16-9-17(26)11-18(27)10-16/h4-11,15H,12-14H2,1-3H3,(H2,28,32). The van der Waals surface area contributed by atoms with Crippen molar-refractivity contribution >= 4 is 21.6 Å². The predicted octanol–water partition coefficient (Wildman–Crippen LogP) is 3.89. The number of nitrogens with two attached hydrogens (primary N) is 1. The molecule has 0 bridgehead atoms. The third-order valence-corrected chi connectivity index (χ3v) is 7.74. The molecule has 0 saturated carbocycles. The van der Waals surface area contributed by atoms with Crippen molar-refractivity contribution in [2.45, 2.75) is 49.3 Å². The summed E-state index contributed by atoms with van der Waals surface area (Å²) in [6.07, 6.45) is 2.16. The van der Waals surface area contributed by atoms with E-state index in [1.54, 1.807) is 0 Å². The zero-order valence-corrected chi connectivity index (χ0v) is 20.9. The quantitative estimate of drug-likeness (QED) is 0.507. The summed E-state index contributed by atoms with van der Waals surface area (Å²) in [6.45, 7) is 6.42. The first-order chi connectivity index (χ1) is 16.9. The fourth-order valence-electron chi connectivity index (χ4n) is 4.64. The van der Waals surface area contributed by atoms with Gasteiger partial charge in [-0.2, -0.15) is 0 Å². The van der Waals surface area contributed by atoms with E-state index in [2.05, 4.69) is 16.9 Å². The summed E-state index contributed by atoms with van der Waals surface area (Å²) in [5, 5.41) is -0.376. The number of rotatable bonds is 7. The lowest BCUT2D eigenvalue weighted by atomic mass is 9.97. The number of pyridine rings is 2. The Hall–Kier alpha value is -3.60. The third kappa shape index (κ3) is 5.01. The van der Waals surface area contributed by atoms with Crippen molar-refractivity contribution in [2.75, 3.05) is 11.4 Å². The van der Waals surface area contributed by atoms with Crippen molar-refractivity contribution in [3.63, 3.8) is 0 Å². The maximum atomic E-state index is 13.6. The Morgan fingerprint density at radius 1 is 1.19 bits per heavy atom. The Kier molecular flexibility index (Phi) is 6.70. The van der Waals surface area contributed by atoms with Crippen molar-refractivity contribution in [1.82, 2.24) is 9.97 Å². The first kappa shape index (κ1) is 25.5. The molecule has 3 heterocycles. The lowest BCUT2D eigenvalue weighted by Crippen LogP contribution is -2.40. The van der Waals surface area contributed by atoms with Gasteiger partial charge in [-0.1, -0.05) is 13.0 Å². The van der Waals surface area contributed by atoms with Gasteiger partial charge in [-0.15, -0.1) is 0 Å². The number of amides is 1. The van der Waals surface area contributed by atoms with E-state index < -0.39 is 27.4 Å². The zero-order chi connectivity index (χ0) is 26.3. The van der Waals surface area contributed by atoms with Gasteiger partial charge < -0.3 is 15.4 Å². The van der Waals surface area contributed by atoms with E-state index in [9.17, 15) is 22.0 Å². The van der Waals surface area contributed by atoms with Crippen molar-refractivity contribution in [3.8, 4) is 5.88 Å². The van der Waals surface area contributed by atoms with Crippen molar-refractivity contribution in [1.29, 1.82) is 0 Å². The van der Waals surface area contributed by atoms with Crippen LogP contribution in [-0.2, 0) is 16.4 Å². The first-order valence-electron chi connectivity index (χ1n) is 11.2. The summed E-state index contributed by atoms with van der Waals surface area (Å²) in [5.74, 6) is -2.01. The average Bonchev–Trinajstić information content (AvgIpc) is 3.08. The molecule has 190 valence electrons. The summed E-state index contributed by atoms with van der Waals surface area (Å²) < 4.78 is 59.6. The molecule has 1 fully saturated rings. The molecule has 1 aromatic carbocycles. The van der Waals surface area contributed by atoms with E-state index in [1.165, 1.54) is 30.5 Å². The lowest BCUT2D eigenvalue weighted by molar-refractivity contribution is 0.0997. The van der Waals surface area contributed by atoms with Crippen LogP contribution in [0.15, 0.2) is 58.6 Å². The van der Waals surface area contributed by atoms with Gasteiger partial charge in [-0.25, -0.2) is 27.2 Å². The Bertz CT molecular complexity index is 1410. The highest BCUT2D eigenvalue weighted by Gasteiger charge is 2.40. The Morgan fingerprint density at radius 2 is 1.89 bits per heavy atom. The van der Waals surface area contributed by atoms with Gasteiger partial charge in [-0.3, -0.25) is 4.79 Å². The largest absolute Gasteiger partial charge is 0.473 e. The number of halogens is 2. The van der Waals surface area contributed by atoms with Gasteiger partial charge in [-0.05, 0) is 56.0 Å². The second kappa shape index (κ2) is 9.45. The van der Waals surface area contributed by atoms with Crippen LogP contribution in [0.2, 0.25) is 0 Å². The summed E-state index contributed by atoms with van der Waals surface area (Å²) in [5.41, 5.74) is 5.31. The van der Waals surface area contributed by atoms with Gasteiger partial charge in [0.1, 0.15) is 29.6 Å². The Morgan fingerprint density at radius 3 is 2.50 bits per heavy atom. The molecule has 1 amide bonds. The molecule has 1 saturated heterocycles. The zero-order valence-electron chi connectivity index (χ0n) is 20.0. The molecule has 3 aromatic rings. The molecule has 1 aliphatic heterocycles. The maximum Gasteiger partial charge on any atom is 0.253 e. The molecule has 0 spiro atoms. The minimum absolute atomic E-state index is 0.0786. The fourth-order valence-corrected chi connectivity index (χ4v) is 6.04. The molecular weight excluding hydrogens is 490 g/mol. The van der Waals surface area contributed by atoms with E-state index >= 15 is 0 Å². The van der Waals surface area contributed by atoms with E-state index in [0.717, 1.165) is 24.6 Å². The number of aromatic nitrogens is 2. The molecule has 1 atom stereocenters. The summed E-state index contributed by atoms with van der Waals surface area (Å²) in [7, 11) is -4.31. The van der Waals surface area contributed by atoms with E-state index in [-0.39, 0.29) is 44.9 Å². The molecule has 1 unspecified atom stereocenters. The highest BCUT2D eigenvalue weighted by molar-refractivity contribution is 7.91. The van der Waals surface area contributed by atoms with Gasteiger partial charge in [0.2, 0.25) is 15.7 Å². The van der Waals surface area contributed by atoms with Crippen LogP contribution in [0.3, 0.4) is 0 Å². The van der Waals surface area contributed by atoms with Crippen LogP contribution in [0.4, 0.5) is 14.6 Å². The molecule has 2 N–H and O–H groups in total. The summed E-state index contributed by atoms with van der Waals surface area (Å²) in [6, 6.07) is 8.24. The number of anilines is 1. The van der Waals surface area contributed by atoms with Crippen molar-refractivity contribution in [2.24, 2.45) is 11.7 Å². The minimum atomic E-state index is -4.31. The topological polar surface area (TPSA) is 115 Å². The van der Waals surface area contributed by atoms with Gasteiger partial charge in [0, 0.05) is 30.4 Å². The minimum Gasteiger partial charge on any atom is -0.473 e. The van der Waals surface area contributed by atoms with Gasteiger partial charge in [0.15, 0.2) is 5.03 Å². The Balaban J connectivity index is 1.70. The number of hydrogen-bond donors (Lipinski definition) is 1. The van der Waals surface area contributed by atoms with Crippen LogP contribution < -0.4 is 15.4 Å². The number of carbonyl (C=O) groups is 1. The normalized spacial score (nSPS) is 17.2. The first-order valence-corrected chi connectivity index (χ1v) is 12.7. The highest BCUT2D eigenvalue weighted by atomic mass is 32.2. The average molecular weight is 517 g/mol. The molecular formula is C25H26F2N4O4S. The number of nitrogens with zero attached hydrogens (tertiary/aromatic N) is 3. The van der Waals surface area contributed by atoms with E-state index in [0.29, 0.717) is 12.5 Å². The molecule has 4 rings (SSSR count). The molecule has 0 radical (unpaired) electrons. The smallest absolute Gasteiger partial charge is 0.253 e. The fraction of sp³-hybridized carbons (Fsp3) is 0.320. The number of sulfone groups is 1. The van der Waals surface area contributed by atoms with Crippen LogP contribution in [0.5, 0.6) is 5.88 Å². The van der Waals surface area contributed by atoms with E-state index in [1.807, 2.05) is 18.7 Å². The third-order valence-electron chi connectivity index (χ3n) is 6.04. The maximum absolute atomic E-state index is 13.6. The number of ether oxygens (including phenoxy) is 1. The monoisotopic (exact) mass is 516 g/mol. The molecule has 36 heavy (non-hydrogen) atoms. The van der Waals surface area contributed by atoms with Crippen molar-refractivity contribution in [3.05, 3.63) is 71.4 Å².